The average molecular weight is 221 g/mol. The topological polar surface area (TPSA) is 50.7 Å². The third kappa shape index (κ3) is 3.43. The molecule has 0 spiro atoms. The van der Waals surface area contributed by atoms with Crippen LogP contribution in [0.1, 0.15) is 64.2 Å². The monoisotopic (exact) mass is 221 g/mol. The van der Waals surface area contributed by atoms with Gasteiger partial charge in [0.15, 0.2) is 0 Å². The van der Waals surface area contributed by atoms with Crippen molar-refractivity contribution >= 4 is 6.01 Å². The van der Waals surface area contributed by atoms with Crippen LogP contribution in [0.5, 0.6) is 0 Å². The van der Waals surface area contributed by atoms with Crippen LogP contribution >= 0.6 is 0 Å². The van der Waals surface area contributed by atoms with E-state index in [1.807, 2.05) is 0 Å². The van der Waals surface area contributed by atoms with Gasteiger partial charge in [0.1, 0.15) is 5.66 Å². The average Bonchev–Trinajstić information content (AvgIpc) is 2.31. The summed E-state index contributed by atoms with van der Waals surface area (Å²) in [5.41, 5.74) is 5.83. The van der Waals surface area contributed by atoms with Gasteiger partial charge in [-0.05, 0) is 38.5 Å². The fourth-order valence-corrected chi connectivity index (χ4v) is 2.70. The Morgan fingerprint density at radius 2 is 1.56 bits per heavy atom. The van der Waals surface area contributed by atoms with E-state index >= 15 is 0 Å². The fraction of sp³-hybridized carbons (Fsp3) is 0.923. The molecule has 0 radical (unpaired) electrons. The first-order chi connectivity index (χ1) is 7.79. The molecule has 0 saturated heterocycles. The van der Waals surface area contributed by atoms with E-state index in [4.69, 9.17) is 5.73 Å². The van der Waals surface area contributed by atoms with Crippen molar-refractivity contribution in [3.63, 3.8) is 0 Å². The van der Waals surface area contributed by atoms with E-state index in [2.05, 4.69) is 16.0 Å². The summed E-state index contributed by atoms with van der Waals surface area (Å²) >= 11 is 0. The van der Waals surface area contributed by atoms with Crippen molar-refractivity contribution in [2.24, 2.45) is 15.7 Å². The van der Waals surface area contributed by atoms with Crippen LogP contribution in [0.2, 0.25) is 0 Å². The van der Waals surface area contributed by atoms with E-state index in [1.54, 1.807) is 0 Å². The minimum atomic E-state index is -0.351. The van der Waals surface area contributed by atoms with Gasteiger partial charge in [-0.3, -0.25) is 0 Å². The molecule has 0 aromatic heterocycles. The third-order valence-corrected chi connectivity index (χ3v) is 3.81. The van der Waals surface area contributed by atoms with Crippen LogP contribution in [0.4, 0.5) is 0 Å². The second-order valence-electron chi connectivity index (χ2n) is 5.30. The summed E-state index contributed by atoms with van der Waals surface area (Å²) in [4.78, 5) is 8.80. The van der Waals surface area contributed by atoms with Gasteiger partial charge >= 0.3 is 0 Å². The molecular formula is C13H23N3. The standard InChI is InChI=1S/C13H23N3/c14-13(9-5-2-6-10-13)16-11-15-12-7-3-1-4-8-12/h12H,1-10,14H2. The zero-order valence-corrected chi connectivity index (χ0v) is 10.1. The Hall–Kier alpha value is -0.660. The summed E-state index contributed by atoms with van der Waals surface area (Å²) in [6, 6.07) is 3.35. The molecule has 16 heavy (non-hydrogen) atoms. The van der Waals surface area contributed by atoms with Gasteiger partial charge in [0, 0.05) is 0 Å². The molecule has 2 fully saturated rings. The maximum Gasteiger partial charge on any atom is 0.119 e. The van der Waals surface area contributed by atoms with E-state index in [1.165, 1.54) is 51.4 Å². The molecule has 0 heterocycles. The first-order valence-electron chi connectivity index (χ1n) is 6.74. The van der Waals surface area contributed by atoms with Gasteiger partial charge in [-0.15, -0.1) is 0 Å². The lowest BCUT2D eigenvalue weighted by atomic mass is 9.90. The smallest absolute Gasteiger partial charge is 0.119 e. The predicted molar refractivity (Wildman–Crippen MR) is 66.7 cm³/mol. The molecule has 0 aromatic rings. The molecule has 0 atom stereocenters. The van der Waals surface area contributed by atoms with Gasteiger partial charge in [-0.1, -0.05) is 25.7 Å². The van der Waals surface area contributed by atoms with Crippen molar-refractivity contribution in [1.29, 1.82) is 0 Å². The molecule has 3 heteroatoms. The molecule has 3 nitrogen and oxygen atoms in total. The van der Waals surface area contributed by atoms with Crippen LogP contribution < -0.4 is 5.73 Å². The first kappa shape index (κ1) is 11.8. The van der Waals surface area contributed by atoms with Gasteiger partial charge < -0.3 is 5.73 Å². The van der Waals surface area contributed by atoms with Crippen molar-refractivity contribution in [2.45, 2.75) is 75.9 Å². The molecule has 0 unspecified atom stereocenters. The van der Waals surface area contributed by atoms with Gasteiger partial charge in [0.25, 0.3) is 0 Å². The molecule has 90 valence electrons. The summed E-state index contributed by atoms with van der Waals surface area (Å²) in [6.07, 6.45) is 12.1. The molecule has 2 saturated carbocycles. The second-order valence-corrected chi connectivity index (χ2v) is 5.30. The van der Waals surface area contributed by atoms with Crippen LogP contribution in [-0.4, -0.2) is 17.7 Å². The Balaban J connectivity index is 1.88. The number of nitrogens with zero attached hydrogens (tertiary/aromatic N) is 2. The lowest BCUT2D eigenvalue weighted by Gasteiger charge is -2.27. The van der Waals surface area contributed by atoms with E-state index < -0.39 is 0 Å². The quantitative estimate of drug-likeness (QED) is 0.716. The van der Waals surface area contributed by atoms with E-state index in [-0.39, 0.29) is 5.66 Å². The van der Waals surface area contributed by atoms with Gasteiger partial charge in [-0.25, -0.2) is 9.98 Å². The largest absolute Gasteiger partial charge is 0.306 e. The number of rotatable bonds is 2. The Bertz CT molecular complexity index is 267. The summed E-state index contributed by atoms with van der Waals surface area (Å²) in [5.74, 6) is 0. The van der Waals surface area contributed by atoms with E-state index in [0.717, 1.165) is 12.8 Å². The molecule has 0 aliphatic heterocycles. The Morgan fingerprint density at radius 3 is 2.25 bits per heavy atom. The summed E-state index contributed by atoms with van der Waals surface area (Å²) < 4.78 is 0. The van der Waals surface area contributed by atoms with Crippen LogP contribution in [0.15, 0.2) is 9.98 Å². The molecule has 2 rings (SSSR count). The number of hydrogen-bond donors (Lipinski definition) is 1. The van der Waals surface area contributed by atoms with Crippen LogP contribution in [0, 0.1) is 0 Å². The second kappa shape index (κ2) is 5.60. The number of nitrogens with two attached hydrogens (primary N) is 1. The highest BCUT2D eigenvalue weighted by Crippen LogP contribution is 2.26. The predicted octanol–water partition coefficient (Wildman–Crippen LogP) is 3.11. The summed E-state index contributed by atoms with van der Waals surface area (Å²) in [5, 5.41) is 0. The summed E-state index contributed by atoms with van der Waals surface area (Å²) in [6.45, 7) is 0. The molecule has 2 aliphatic carbocycles. The van der Waals surface area contributed by atoms with Crippen molar-refractivity contribution in [3.8, 4) is 0 Å². The molecule has 0 amide bonds. The number of aliphatic imine (C=N–C) groups is 2. The SMILES string of the molecule is NC1(N=C=NC2CCCCC2)CCCCC1. The van der Waals surface area contributed by atoms with Crippen LogP contribution in [-0.2, 0) is 0 Å². The van der Waals surface area contributed by atoms with E-state index in [0.29, 0.717) is 6.04 Å². The van der Waals surface area contributed by atoms with Gasteiger partial charge in [0.2, 0.25) is 0 Å². The Labute approximate surface area is 98.2 Å². The molecular weight excluding hydrogens is 198 g/mol. The van der Waals surface area contributed by atoms with Crippen LogP contribution in [0.25, 0.3) is 0 Å². The van der Waals surface area contributed by atoms with Crippen molar-refractivity contribution in [1.82, 2.24) is 0 Å². The molecule has 0 aromatic carbocycles. The van der Waals surface area contributed by atoms with E-state index in [9.17, 15) is 0 Å². The lowest BCUT2D eigenvalue weighted by molar-refractivity contribution is 0.309. The first-order valence-corrected chi connectivity index (χ1v) is 6.74. The zero-order chi connectivity index (χ0) is 11.3. The maximum atomic E-state index is 6.19. The Morgan fingerprint density at radius 1 is 0.938 bits per heavy atom. The maximum absolute atomic E-state index is 6.19. The van der Waals surface area contributed by atoms with Gasteiger partial charge in [-0.2, -0.15) is 0 Å². The third-order valence-electron chi connectivity index (χ3n) is 3.81. The van der Waals surface area contributed by atoms with Crippen LogP contribution in [0.3, 0.4) is 0 Å². The zero-order valence-electron chi connectivity index (χ0n) is 10.1. The summed E-state index contributed by atoms with van der Waals surface area (Å²) in [7, 11) is 0. The number of hydrogen-bond acceptors (Lipinski definition) is 3. The fourth-order valence-electron chi connectivity index (χ4n) is 2.70. The highest BCUT2D eigenvalue weighted by molar-refractivity contribution is 5.42. The van der Waals surface area contributed by atoms with Crippen molar-refractivity contribution in [3.05, 3.63) is 0 Å². The van der Waals surface area contributed by atoms with Crippen molar-refractivity contribution in [2.75, 3.05) is 0 Å². The molecule has 2 N–H and O–H groups in total. The normalized spacial score (nSPS) is 25.8. The highest BCUT2D eigenvalue weighted by Gasteiger charge is 2.26. The lowest BCUT2D eigenvalue weighted by Crippen LogP contribution is -2.39. The Kier molecular flexibility index (Phi) is 4.14. The molecule has 0 bridgehead atoms. The minimum Gasteiger partial charge on any atom is -0.306 e. The molecule has 2 aliphatic rings. The highest BCUT2D eigenvalue weighted by atomic mass is 15.0. The van der Waals surface area contributed by atoms with Crippen molar-refractivity contribution < 1.29 is 0 Å². The van der Waals surface area contributed by atoms with Gasteiger partial charge in [0.05, 0.1) is 12.1 Å². The minimum absolute atomic E-state index is 0.351.